The van der Waals surface area contributed by atoms with E-state index in [4.69, 9.17) is 4.74 Å². The molecule has 1 saturated carbocycles. The monoisotopic (exact) mass is 274 g/mol. The van der Waals surface area contributed by atoms with E-state index in [2.05, 4.69) is 14.2 Å². The van der Waals surface area contributed by atoms with Gasteiger partial charge < -0.3 is 18.9 Å². The molecule has 1 fully saturated rings. The van der Waals surface area contributed by atoms with Gasteiger partial charge in [-0.25, -0.2) is 0 Å². The van der Waals surface area contributed by atoms with Crippen molar-refractivity contribution in [2.24, 2.45) is 5.92 Å². The Balaban J connectivity index is 2.48. The topological polar surface area (TPSA) is 105 Å². The van der Waals surface area contributed by atoms with Crippen LogP contribution in [0.4, 0.5) is 0 Å². The fraction of sp³-hybridized carbons (Fsp3) is 0.636. The van der Waals surface area contributed by atoms with Crippen LogP contribution in [0.3, 0.4) is 0 Å². The number of hydrogen-bond donors (Lipinski definition) is 0. The molecule has 0 saturated heterocycles. The van der Waals surface area contributed by atoms with Gasteiger partial charge in [0.25, 0.3) is 19.4 Å². The van der Waals surface area contributed by atoms with Gasteiger partial charge in [0.1, 0.15) is 13.2 Å². The molecule has 0 aliphatic heterocycles. The highest BCUT2D eigenvalue weighted by atomic mass is 16.6. The van der Waals surface area contributed by atoms with E-state index in [1.807, 2.05) is 0 Å². The van der Waals surface area contributed by atoms with E-state index in [0.29, 0.717) is 0 Å². The fourth-order valence-electron chi connectivity index (χ4n) is 1.35. The van der Waals surface area contributed by atoms with E-state index < -0.39 is 12.2 Å². The highest BCUT2D eigenvalue weighted by Crippen LogP contribution is 2.30. The normalized spacial score (nSPS) is 16.6. The van der Waals surface area contributed by atoms with E-state index in [9.17, 15) is 19.2 Å². The summed E-state index contributed by atoms with van der Waals surface area (Å²) >= 11 is 0. The van der Waals surface area contributed by atoms with Crippen molar-refractivity contribution in [3.63, 3.8) is 0 Å². The largest absolute Gasteiger partial charge is 0.464 e. The minimum Gasteiger partial charge on any atom is -0.464 e. The van der Waals surface area contributed by atoms with Gasteiger partial charge in [-0.2, -0.15) is 0 Å². The van der Waals surface area contributed by atoms with Crippen molar-refractivity contribution in [3.05, 3.63) is 0 Å². The molecule has 1 aliphatic carbocycles. The van der Waals surface area contributed by atoms with Crippen molar-refractivity contribution in [1.29, 1.82) is 0 Å². The zero-order valence-electron chi connectivity index (χ0n) is 10.1. The molecule has 2 atom stereocenters. The van der Waals surface area contributed by atoms with Crippen LogP contribution in [0.2, 0.25) is 0 Å². The van der Waals surface area contributed by atoms with Crippen LogP contribution in [0.25, 0.3) is 0 Å². The molecule has 0 N–H and O–H groups in total. The van der Waals surface area contributed by atoms with Crippen molar-refractivity contribution < 1.29 is 38.1 Å². The minimum atomic E-state index is -1.03. The Morgan fingerprint density at radius 1 is 1.00 bits per heavy atom. The molecule has 0 aromatic rings. The van der Waals surface area contributed by atoms with Gasteiger partial charge in [-0.15, -0.1) is 0 Å². The second-order valence-electron chi connectivity index (χ2n) is 3.88. The Morgan fingerprint density at radius 3 is 2.05 bits per heavy atom. The Hall–Kier alpha value is -2.12. The number of rotatable bonds is 11. The average molecular weight is 274 g/mol. The lowest BCUT2D eigenvalue weighted by Crippen LogP contribution is -2.39. The molecule has 0 heterocycles. The van der Waals surface area contributed by atoms with Crippen LogP contribution in [-0.4, -0.2) is 50.8 Å². The zero-order chi connectivity index (χ0) is 14.1. The van der Waals surface area contributed by atoms with Crippen molar-refractivity contribution in [3.8, 4) is 0 Å². The molecule has 19 heavy (non-hydrogen) atoms. The molecule has 106 valence electrons. The van der Waals surface area contributed by atoms with Crippen LogP contribution in [-0.2, 0) is 38.1 Å². The summed E-state index contributed by atoms with van der Waals surface area (Å²) in [5, 5.41) is 0. The van der Waals surface area contributed by atoms with E-state index in [1.165, 1.54) is 0 Å². The van der Waals surface area contributed by atoms with Crippen LogP contribution in [0.15, 0.2) is 0 Å². The molecular formula is C11H14O8. The minimum absolute atomic E-state index is 0.103. The van der Waals surface area contributed by atoms with Crippen molar-refractivity contribution >= 4 is 25.4 Å². The van der Waals surface area contributed by atoms with E-state index >= 15 is 0 Å². The summed E-state index contributed by atoms with van der Waals surface area (Å²) in [7, 11) is 0. The fourth-order valence-corrected chi connectivity index (χ4v) is 1.35. The van der Waals surface area contributed by atoms with E-state index in [1.54, 1.807) is 0 Å². The molecule has 8 heteroatoms. The van der Waals surface area contributed by atoms with Crippen LogP contribution in [0.5, 0.6) is 0 Å². The Bertz CT molecular complexity index is 325. The molecule has 8 nitrogen and oxygen atoms in total. The summed E-state index contributed by atoms with van der Waals surface area (Å²) in [5.41, 5.74) is 0. The molecule has 0 aromatic carbocycles. The maximum atomic E-state index is 11.3. The van der Waals surface area contributed by atoms with Gasteiger partial charge in [0.15, 0.2) is 12.2 Å². The summed E-state index contributed by atoms with van der Waals surface area (Å²) in [5.74, 6) is -0.491. The summed E-state index contributed by atoms with van der Waals surface area (Å²) in [4.78, 5) is 42.1. The quantitative estimate of drug-likeness (QED) is 0.274. The highest BCUT2D eigenvalue weighted by Gasteiger charge is 2.33. The second kappa shape index (κ2) is 8.06. The zero-order valence-corrected chi connectivity index (χ0v) is 10.1. The molecular weight excluding hydrogens is 260 g/mol. The first-order valence-electron chi connectivity index (χ1n) is 5.63. The first-order valence-corrected chi connectivity index (χ1v) is 5.63. The number of carbonyl (C=O) groups excluding carboxylic acids is 4. The van der Waals surface area contributed by atoms with Crippen molar-refractivity contribution in [2.75, 3.05) is 13.2 Å². The average Bonchev–Trinajstić information content (AvgIpc) is 3.23. The maximum Gasteiger partial charge on any atom is 0.309 e. The third-order valence-corrected chi connectivity index (χ3v) is 2.50. The summed E-state index contributed by atoms with van der Waals surface area (Å²) in [6.45, 7) is -0.147. The van der Waals surface area contributed by atoms with E-state index in [0.717, 1.165) is 12.8 Å². The van der Waals surface area contributed by atoms with Crippen LogP contribution >= 0.6 is 0 Å². The molecule has 2 unspecified atom stereocenters. The first-order chi connectivity index (χ1) is 9.22. The molecule has 0 radical (unpaired) electrons. The predicted octanol–water partition coefficient (Wildman–Crippen LogP) is -0.804. The molecule has 0 spiro atoms. The lowest BCUT2D eigenvalue weighted by molar-refractivity contribution is -0.168. The van der Waals surface area contributed by atoms with Crippen molar-refractivity contribution in [2.45, 2.75) is 25.0 Å². The van der Waals surface area contributed by atoms with Gasteiger partial charge >= 0.3 is 5.97 Å². The summed E-state index contributed by atoms with van der Waals surface area (Å²) in [6.07, 6.45) is -0.494. The third kappa shape index (κ3) is 5.36. The van der Waals surface area contributed by atoms with Crippen LogP contribution in [0, 0.1) is 5.92 Å². The van der Waals surface area contributed by atoms with Gasteiger partial charge in [0.2, 0.25) is 0 Å². The standard InChI is InChI=1S/C11H14O8/c12-5-16-3-9(18-6-13)10(19-7-14)4-17-11(15)8-1-2-8/h5-10H,1-4H2. The smallest absolute Gasteiger partial charge is 0.309 e. The lowest BCUT2D eigenvalue weighted by Gasteiger charge is -2.22. The molecule has 0 aromatic heterocycles. The predicted molar refractivity (Wildman–Crippen MR) is 57.6 cm³/mol. The lowest BCUT2D eigenvalue weighted by atomic mass is 10.2. The summed E-state index contributed by atoms with van der Waals surface area (Å²) < 4.78 is 18.7. The number of carbonyl (C=O) groups is 4. The van der Waals surface area contributed by atoms with Gasteiger partial charge in [-0.05, 0) is 12.8 Å². The number of esters is 1. The first kappa shape index (κ1) is 14.9. The van der Waals surface area contributed by atoms with Gasteiger partial charge in [0, 0.05) is 0 Å². The highest BCUT2D eigenvalue weighted by molar-refractivity contribution is 5.74. The van der Waals surface area contributed by atoms with Gasteiger partial charge in [0.05, 0.1) is 5.92 Å². The number of ether oxygens (including phenoxy) is 4. The second-order valence-corrected chi connectivity index (χ2v) is 3.88. The molecule has 1 rings (SSSR count). The van der Waals surface area contributed by atoms with Crippen molar-refractivity contribution in [1.82, 2.24) is 0 Å². The Labute approximate surface area is 108 Å². The van der Waals surface area contributed by atoms with Gasteiger partial charge in [-0.1, -0.05) is 0 Å². The molecule has 1 aliphatic rings. The number of hydrogen-bond acceptors (Lipinski definition) is 8. The molecule has 0 amide bonds. The molecule has 0 bridgehead atoms. The van der Waals surface area contributed by atoms with E-state index in [-0.39, 0.29) is 44.5 Å². The summed E-state index contributed by atoms with van der Waals surface area (Å²) in [6, 6.07) is 0. The third-order valence-electron chi connectivity index (χ3n) is 2.50. The SMILES string of the molecule is O=COCC(OC=O)C(COC(=O)C1CC1)OC=O. The van der Waals surface area contributed by atoms with Gasteiger partial charge in [-0.3, -0.25) is 19.2 Å². The Kier molecular flexibility index (Phi) is 6.34. The Morgan fingerprint density at radius 2 is 1.58 bits per heavy atom. The maximum absolute atomic E-state index is 11.3. The van der Waals surface area contributed by atoms with Crippen LogP contribution in [0.1, 0.15) is 12.8 Å². The van der Waals surface area contributed by atoms with Crippen LogP contribution < -0.4 is 0 Å².